The maximum absolute atomic E-state index is 11.7. The Morgan fingerprint density at radius 1 is 0.957 bits per heavy atom. The van der Waals surface area contributed by atoms with Crippen molar-refractivity contribution in [3.63, 3.8) is 0 Å². The molecule has 0 unspecified atom stereocenters. The summed E-state index contributed by atoms with van der Waals surface area (Å²) in [5.41, 5.74) is 3.35. The van der Waals surface area contributed by atoms with Crippen LogP contribution in [0.3, 0.4) is 0 Å². The van der Waals surface area contributed by atoms with E-state index in [1.807, 2.05) is 6.92 Å². The Kier molecular flexibility index (Phi) is 9.03. The topological polar surface area (TPSA) is 75.7 Å². The molecule has 0 heterocycles. The van der Waals surface area contributed by atoms with Gasteiger partial charge in [0.1, 0.15) is 0 Å². The Balaban J connectivity index is 0.00000232. The molecular weight excluding hydrogens is 332 g/mol. The van der Waals surface area contributed by atoms with Gasteiger partial charge in [-0.3, -0.25) is 0 Å². The second-order valence-electron chi connectivity index (χ2n) is 5.82. The van der Waals surface area contributed by atoms with Gasteiger partial charge in [-0.2, -0.15) is 7.11 Å². The summed E-state index contributed by atoms with van der Waals surface area (Å²) in [7, 11) is 0.750. The molecule has 0 aromatic heterocycles. The molecule has 0 bridgehead atoms. The average Bonchev–Trinajstić information content (AvgIpc) is 2.68. The van der Waals surface area contributed by atoms with E-state index < -0.39 is 18.6 Å². The van der Waals surface area contributed by atoms with Crippen molar-refractivity contribution in [3.05, 3.63) is 20.6 Å². The molecule has 1 aliphatic rings. The zero-order valence-electron chi connectivity index (χ0n) is 15.5. The van der Waals surface area contributed by atoms with Crippen LogP contribution in [0.25, 0.3) is 0 Å². The van der Waals surface area contributed by atoms with Crippen molar-refractivity contribution in [3.8, 4) is 0 Å². The van der Waals surface area contributed by atoms with Crippen molar-refractivity contribution >= 4 is 11.9 Å². The van der Waals surface area contributed by atoms with Gasteiger partial charge < -0.3 is 5.11 Å². The summed E-state index contributed by atoms with van der Waals surface area (Å²) in [5, 5.41) is 8.25. The van der Waals surface area contributed by atoms with E-state index in [1.165, 1.54) is 11.1 Å². The minimum Gasteiger partial charge on any atom is -0.857 e. The van der Waals surface area contributed by atoms with Crippen LogP contribution in [-0.2, 0) is 34.9 Å². The van der Waals surface area contributed by atoms with Gasteiger partial charge in [-0.15, -0.1) is 0 Å². The summed E-state index contributed by atoms with van der Waals surface area (Å²) in [6.45, 7) is 13.9. The van der Waals surface area contributed by atoms with Gasteiger partial charge in [-0.25, -0.2) is 0 Å². The van der Waals surface area contributed by atoms with Crippen LogP contribution in [0.5, 0.6) is 0 Å². The van der Waals surface area contributed by atoms with Crippen LogP contribution >= 0.6 is 0 Å². The van der Waals surface area contributed by atoms with Crippen LogP contribution in [0.4, 0.5) is 0 Å². The number of carbonyl (C=O) groups excluding carboxylic acids is 2. The Labute approximate surface area is 146 Å². The second kappa shape index (κ2) is 9.40. The predicted octanol–water partition coefficient (Wildman–Crippen LogP) is 2.97. The summed E-state index contributed by atoms with van der Waals surface area (Å²) >= 11 is -2.88. The summed E-state index contributed by atoms with van der Waals surface area (Å²) < 4.78 is 12.1. The van der Waals surface area contributed by atoms with Gasteiger partial charge in [-0.05, 0) is 0 Å². The smallest absolute Gasteiger partial charge is 0.153 e. The standard InChI is InChI=1S/C10H15.2C3H6O2.CH3O.Ti/c1-7-6-10(4,5)9(3)8(7)2;2*1-2-3(4)5;1-2;/h1-5H3;2*2H2,1H3,(H,4,5);1H3;/q;;;-1;+3/p-2. The van der Waals surface area contributed by atoms with E-state index >= 15 is 0 Å². The minimum absolute atomic E-state index is 0.217. The normalized spacial score (nSPS) is 15.9. The fourth-order valence-electron chi connectivity index (χ4n) is 2.48. The van der Waals surface area contributed by atoms with Crippen LogP contribution in [0, 0.1) is 5.41 Å². The molecule has 0 spiro atoms. The molecule has 5 nitrogen and oxygen atoms in total. The van der Waals surface area contributed by atoms with Crippen molar-refractivity contribution in [1.29, 1.82) is 0 Å². The summed E-state index contributed by atoms with van der Waals surface area (Å²) in [5.74, 6) is -0.598. The van der Waals surface area contributed by atoms with E-state index in [9.17, 15) is 9.59 Å². The SMILES string of the molecule is CCC(=O)[O][Ti+]([O]C(=O)CC)[C]1=C(C)C(C)=C(C)C1(C)C.C[O-]. The van der Waals surface area contributed by atoms with Gasteiger partial charge in [0, 0.05) is 0 Å². The first kappa shape index (κ1) is 22.1. The molecule has 1 aliphatic carbocycles. The maximum Gasteiger partial charge on any atom is -0.153 e. The molecular formula is C17H28O5Ti. The average molecular weight is 360 g/mol. The molecule has 0 aliphatic heterocycles. The number of rotatable bonds is 5. The Bertz CT molecular complexity index is 499. The number of allylic oxidation sites excluding steroid dienone is 4. The first-order valence-corrected chi connectivity index (χ1v) is 9.81. The molecule has 0 aromatic rings. The zero-order chi connectivity index (χ0) is 18.4. The first-order valence-electron chi connectivity index (χ1n) is 7.75. The van der Waals surface area contributed by atoms with E-state index in [0.717, 1.165) is 16.6 Å². The Morgan fingerprint density at radius 3 is 1.61 bits per heavy atom. The summed E-state index contributed by atoms with van der Waals surface area (Å²) in [6.07, 6.45) is 0.580. The number of hydrogen-bond donors (Lipinski definition) is 0. The third kappa shape index (κ3) is 5.03. The van der Waals surface area contributed by atoms with Crippen molar-refractivity contribution < 1.29 is 40.0 Å². The van der Waals surface area contributed by atoms with Crippen LogP contribution in [0.2, 0.25) is 0 Å². The second-order valence-corrected chi connectivity index (χ2v) is 8.13. The number of carbonyl (C=O) groups is 2. The molecule has 0 fully saturated rings. The van der Waals surface area contributed by atoms with Gasteiger partial charge in [0.2, 0.25) is 0 Å². The van der Waals surface area contributed by atoms with Crippen molar-refractivity contribution in [2.24, 2.45) is 5.41 Å². The molecule has 6 heteroatoms. The van der Waals surface area contributed by atoms with Gasteiger partial charge in [0.25, 0.3) is 0 Å². The molecule has 0 amide bonds. The predicted molar refractivity (Wildman–Crippen MR) is 83.5 cm³/mol. The third-order valence-electron chi connectivity index (χ3n) is 4.26. The molecule has 130 valence electrons. The van der Waals surface area contributed by atoms with Crippen LogP contribution in [0.1, 0.15) is 61.3 Å². The van der Waals surface area contributed by atoms with Crippen LogP contribution < -0.4 is 5.11 Å². The Morgan fingerprint density at radius 2 is 1.35 bits per heavy atom. The van der Waals surface area contributed by atoms with E-state index in [4.69, 9.17) is 11.7 Å². The van der Waals surface area contributed by atoms with E-state index in [2.05, 4.69) is 27.7 Å². The maximum atomic E-state index is 11.7. The van der Waals surface area contributed by atoms with Gasteiger partial charge in [0.05, 0.1) is 0 Å². The fraction of sp³-hybridized carbons (Fsp3) is 0.647. The van der Waals surface area contributed by atoms with Crippen molar-refractivity contribution in [1.82, 2.24) is 0 Å². The third-order valence-corrected chi connectivity index (χ3v) is 7.75. The van der Waals surface area contributed by atoms with E-state index in [1.54, 1.807) is 13.8 Å². The van der Waals surface area contributed by atoms with Gasteiger partial charge in [0.15, 0.2) is 0 Å². The quantitative estimate of drug-likeness (QED) is 0.705. The minimum atomic E-state index is -2.88. The van der Waals surface area contributed by atoms with Crippen LogP contribution in [-0.4, -0.2) is 19.0 Å². The van der Waals surface area contributed by atoms with Gasteiger partial charge in [-0.1, -0.05) is 0 Å². The molecule has 23 heavy (non-hydrogen) atoms. The largest absolute Gasteiger partial charge is 0.857 e. The molecule has 0 saturated carbocycles. The molecule has 0 radical (unpaired) electrons. The summed E-state index contributed by atoms with van der Waals surface area (Å²) in [4.78, 5) is 23.4. The molecule has 0 saturated heterocycles. The van der Waals surface area contributed by atoms with Crippen molar-refractivity contribution in [2.45, 2.75) is 61.3 Å². The molecule has 0 N–H and O–H groups in total. The fourth-order valence-corrected chi connectivity index (χ4v) is 5.82. The first-order chi connectivity index (χ1) is 10.7. The van der Waals surface area contributed by atoms with E-state index in [-0.39, 0.29) is 17.4 Å². The molecule has 1 rings (SSSR count). The number of hydrogen-bond acceptors (Lipinski definition) is 5. The monoisotopic (exact) mass is 360 g/mol. The van der Waals surface area contributed by atoms with Gasteiger partial charge >= 0.3 is 134 Å². The van der Waals surface area contributed by atoms with Crippen LogP contribution in [0.15, 0.2) is 20.6 Å². The Hall–Kier alpha value is -0.906. The zero-order valence-corrected chi connectivity index (χ0v) is 17.0. The molecule has 0 aromatic carbocycles. The summed E-state index contributed by atoms with van der Waals surface area (Å²) in [6, 6.07) is 0. The van der Waals surface area contributed by atoms with E-state index in [0.29, 0.717) is 12.8 Å². The van der Waals surface area contributed by atoms with Crippen molar-refractivity contribution in [2.75, 3.05) is 7.11 Å². The molecule has 0 atom stereocenters.